The minimum absolute atomic E-state index is 0.0738. The van der Waals surface area contributed by atoms with E-state index >= 15 is 0 Å². The Morgan fingerprint density at radius 1 is 0.479 bits per heavy atom. The number of hydrogen-bond donors (Lipinski definition) is 4. The van der Waals surface area contributed by atoms with E-state index in [1.165, 1.54) is 12.1 Å². The molecule has 0 radical (unpaired) electrons. The first-order chi connectivity index (χ1) is 23.3. The van der Waals surface area contributed by atoms with Crippen LogP contribution in [0.25, 0.3) is 33.5 Å². The lowest BCUT2D eigenvalue weighted by Gasteiger charge is -2.18. The lowest BCUT2D eigenvalue weighted by Crippen LogP contribution is -2.37. The van der Waals surface area contributed by atoms with E-state index in [0.29, 0.717) is 71.9 Å². The predicted molar refractivity (Wildman–Crippen MR) is 192 cm³/mol. The Hall–Kier alpha value is -3.83. The number of rotatable bonds is 20. The SMILES string of the molecule is CCCCOc1cc(OCCCC)cc(-c2nc3c(B(O)O)ccc(B(O)O)c3nc2-c2cc(OCCCC)cc(OCCCC)c2)c1. The van der Waals surface area contributed by atoms with Crippen LogP contribution in [0, 0.1) is 0 Å². The van der Waals surface area contributed by atoms with Crippen LogP contribution in [0.3, 0.4) is 0 Å². The van der Waals surface area contributed by atoms with Gasteiger partial charge in [0.15, 0.2) is 0 Å². The summed E-state index contributed by atoms with van der Waals surface area (Å²) in [6, 6.07) is 14.0. The van der Waals surface area contributed by atoms with Crippen molar-refractivity contribution in [1.82, 2.24) is 9.97 Å². The van der Waals surface area contributed by atoms with Crippen LogP contribution in [-0.4, -0.2) is 70.7 Å². The van der Waals surface area contributed by atoms with Gasteiger partial charge >= 0.3 is 14.2 Å². The van der Waals surface area contributed by atoms with Crippen LogP contribution in [0.4, 0.5) is 0 Å². The molecule has 0 spiro atoms. The van der Waals surface area contributed by atoms with Gasteiger partial charge in [-0.3, -0.25) is 0 Å². The number of unbranched alkanes of at least 4 members (excludes halogenated alkanes) is 4. The molecule has 0 aliphatic rings. The number of hydrogen-bond acceptors (Lipinski definition) is 10. The summed E-state index contributed by atoms with van der Waals surface area (Å²) in [5.74, 6) is 2.40. The topological polar surface area (TPSA) is 144 Å². The predicted octanol–water partition coefficient (Wildman–Crippen LogP) is 5.04. The largest absolute Gasteiger partial charge is 0.493 e. The summed E-state index contributed by atoms with van der Waals surface area (Å²) in [4.78, 5) is 9.95. The molecule has 3 aromatic carbocycles. The van der Waals surface area contributed by atoms with Gasteiger partial charge in [0.25, 0.3) is 0 Å². The fourth-order valence-electron chi connectivity index (χ4n) is 5.08. The molecule has 12 heteroatoms. The monoisotopic (exact) mass is 658 g/mol. The molecule has 4 aromatic rings. The summed E-state index contributed by atoms with van der Waals surface area (Å²) in [5, 5.41) is 41.2. The first-order valence-corrected chi connectivity index (χ1v) is 17.2. The van der Waals surface area contributed by atoms with Gasteiger partial charge in [-0.05, 0) is 49.9 Å². The van der Waals surface area contributed by atoms with Crippen LogP contribution in [0.5, 0.6) is 23.0 Å². The van der Waals surface area contributed by atoms with Gasteiger partial charge in [-0.25, -0.2) is 9.97 Å². The normalized spacial score (nSPS) is 11.1. The highest BCUT2D eigenvalue weighted by atomic mass is 16.5. The maximum Gasteiger partial charge on any atom is 0.490 e. The molecule has 0 fully saturated rings. The zero-order valence-corrected chi connectivity index (χ0v) is 28.6. The van der Waals surface area contributed by atoms with Crippen molar-refractivity contribution in [1.29, 1.82) is 0 Å². The molecule has 4 rings (SSSR count). The van der Waals surface area contributed by atoms with Crippen molar-refractivity contribution >= 4 is 36.2 Å². The van der Waals surface area contributed by atoms with Crippen LogP contribution in [-0.2, 0) is 0 Å². The smallest absolute Gasteiger partial charge is 0.490 e. The van der Waals surface area contributed by atoms with E-state index in [4.69, 9.17) is 28.9 Å². The molecule has 0 aliphatic carbocycles. The van der Waals surface area contributed by atoms with E-state index in [-0.39, 0.29) is 22.0 Å². The third-order valence-corrected chi connectivity index (χ3v) is 7.81. The zero-order valence-electron chi connectivity index (χ0n) is 28.6. The van der Waals surface area contributed by atoms with Crippen molar-refractivity contribution in [3.05, 3.63) is 48.5 Å². The average molecular weight is 658 g/mol. The third-order valence-electron chi connectivity index (χ3n) is 7.81. The molecular weight excluding hydrogens is 610 g/mol. The standard InChI is InChI=1S/C36H48B2N2O8/c1-5-9-15-45-27-19-25(20-28(23-27)46-16-10-6-2)33-34(40-36-32(38(43)44)14-13-31(37(41)42)35(36)39-33)26-21-29(47-17-11-7-3)24-30(22-26)48-18-12-8-4/h13-14,19-24,41-44H,5-12,15-18H2,1-4H3. The number of aromatic nitrogens is 2. The van der Waals surface area contributed by atoms with Gasteiger partial charge in [0.1, 0.15) is 23.0 Å². The molecule has 0 bridgehead atoms. The van der Waals surface area contributed by atoms with Crippen LogP contribution >= 0.6 is 0 Å². The van der Waals surface area contributed by atoms with Crippen molar-refractivity contribution < 1.29 is 39.0 Å². The van der Waals surface area contributed by atoms with Gasteiger partial charge in [0.05, 0.1) is 48.8 Å². The molecule has 10 nitrogen and oxygen atoms in total. The number of fused-ring (bicyclic) bond motifs is 1. The van der Waals surface area contributed by atoms with E-state index < -0.39 is 14.2 Å². The molecule has 0 saturated carbocycles. The second kappa shape index (κ2) is 18.6. The molecule has 0 unspecified atom stereocenters. The Bertz CT molecular complexity index is 1440. The number of benzene rings is 3. The van der Waals surface area contributed by atoms with Gasteiger partial charge in [-0.1, -0.05) is 65.5 Å². The number of nitrogens with zero attached hydrogens (tertiary/aromatic N) is 2. The minimum atomic E-state index is -1.88. The van der Waals surface area contributed by atoms with Crippen LogP contribution in [0.15, 0.2) is 48.5 Å². The fourth-order valence-corrected chi connectivity index (χ4v) is 5.08. The average Bonchev–Trinajstić information content (AvgIpc) is 3.07. The zero-order chi connectivity index (χ0) is 34.5. The second-order valence-electron chi connectivity index (χ2n) is 11.8. The van der Waals surface area contributed by atoms with Crippen molar-refractivity contribution in [3.63, 3.8) is 0 Å². The van der Waals surface area contributed by atoms with Crippen LogP contribution in [0.1, 0.15) is 79.1 Å². The molecule has 4 N–H and O–H groups in total. The van der Waals surface area contributed by atoms with E-state index in [0.717, 1.165) is 51.4 Å². The second-order valence-corrected chi connectivity index (χ2v) is 11.8. The van der Waals surface area contributed by atoms with Crippen molar-refractivity contribution in [2.24, 2.45) is 0 Å². The molecule has 1 heterocycles. The van der Waals surface area contributed by atoms with Gasteiger partial charge in [-0.15, -0.1) is 0 Å². The molecule has 1 aromatic heterocycles. The third kappa shape index (κ3) is 9.85. The minimum Gasteiger partial charge on any atom is -0.493 e. The Morgan fingerprint density at radius 2 is 0.771 bits per heavy atom. The summed E-state index contributed by atoms with van der Waals surface area (Å²) < 4.78 is 24.5. The molecule has 48 heavy (non-hydrogen) atoms. The Balaban J connectivity index is 2.02. The van der Waals surface area contributed by atoms with E-state index in [9.17, 15) is 20.1 Å². The molecule has 256 valence electrons. The number of ether oxygens (including phenoxy) is 4. The van der Waals surface area contributed by atoms with Crippen molar-refractivity contribution in [2.75, 3.05) is 26.4 Å². The maximum atomic E-state index is 10.3. The lowest BCUT2D eigenvalue weighted by atomic mass is 9.73. The van der Waals surface area contributed by atoms with Crippen molar-refractivity contribution in [2.45, 2.75) is 79.1 Å². The maximum absolute atomic E-state index is 10.3. The van der Waals surface area contributed by atoms with Gasteiger partial charge in [0.2, 0.25) is 0 Å². The van der Waals surface area contributed by atoms with Crippen LogP contribution < -0.4 is 29.9 Å². The van der Waals surface area contributed by atoms with E-state index in [1.54, 1.807) is 0 Å². The first-order valence-electron chi connectivity index (χ1n) is 17.2. The molecule has 0 saturated heterocycles. The summed E-state index contributed by atoms with van der Waals surface area (Å²) in [6.45, 7) is 10.5. The summed E-state index contributed by atoms with van der Waals surface area (Å²) in [6.07, 6.45) is 7.43. The molecule has 0 aliphatic heterocycles. The Morgan fingerprint density at radius 3 is 1.02 bits per heavy atom. The highest BCUT2D eigenvalue weighted by Crippen LogP contribution is 2.38. The Kier molecular flexibility index (Phi) is 14.4. The van der Waals surface area contributed by atoms with Gasteiger partial charge in [0, 0.05) is 34.2 Å². The molecule has 0 atom stereocenters. The van der Waals surface area contributed by atoms with Crippen LogP contribution in [0.2, 0.25) is 0 Å². The quantitative estimate of drug-likeness (QED) is 0.0754. The highest BCUT2D eigenvalue weighted by Gasteiger charge is 2.26. The fraction of sp³-hybridized carbons (Fsp3) is 0.444. The van der Waals surface area contributed by atoms with Crippen molar-refractivity contribution in [3.8, 4) is 45.5 Å². The van der Waals surface area contributed by atoms with E-state index in [1.807, 2.05) is 36.4 Å². The Labute approximate surface area is 284 Å². The first kappa shape index (κ1) is 37.0. The van der Waals surface area contributed by atoms with E-state index in [2.05, 4.69) is 27.7 Å². The summed E-state index contributed by atoms with van der Waals surface area (Å²) in [5.41, 5.74) is 2.44. The summed E-state index contributed by atoms with van der Waals surface area (Å²) in [7, 11) is -3.76. The lowest BCUT2D eigenvalue weighted by molar-refractivity contribution is 0.294. The molecular formula is C36H48B2N2O8. The van der Waals surface area contributed by atoms with Gasteiger partial charge in [-0.2, -0.15) is 0 Å². The highest BCUT2D eigenvalue weighted by molar-refractivity contribution is 6.65. The van der Waals surface area contributed by atoms with Gasteiger partial charge < -0.3 is 39.0 Å². The summed E-state index contributed by atoms with van der Waals surface area (Å²) >= 11 is 0. The molecule has 0 amide bonds.